The second kappa shape index (κ2) is 5.31. The number of aromatic nitrogens is 2. The van der Waals surface area contributed by atoms with E-state index in [1.54, 1.807) is 0 Å². The highest BCUT2D eigenvalue weighted by molar-refractivity contribution is 5.28. The summed E-state index contributed by atoms with van der Waals surface area (Å²) in [6.07, 6.45) is 3.46. The summed E-state index contributed by atoms with van der Waals surface area (Å²) in [7, 11) is 2.02. The zero-order valence-corrected chi connectivity index (χ0v) is 10.4. The molecule has 0 spiro atoms. The summed E-state index contributed by atoms with van der Waals surface area (Å²) in [5, 5.41) is 4.47. The quantitative estimate of drug-likeness (QED) is 0.808. The Morgan fingerprint density at radius 1 is 1.40 bits per heavy atom. The van der Waals surface area contributed by atoms with E-state index in [1.165, 1.54) is 29.8 Å². The summed E-state index contributed by atoms with van der Waals surface area (Å²) in [5.41, 5.74) is 9.49. The lowest BCUT2D eigenvalue weighted by Gasteiger charge is -2.15. The third kappa shape index (κ3) is 2.59. The van der Waals surface area contributed by atoms with Crippen LogP contribution in [0.15, 0.2) is 0 Å². The Kier molecular flexibility index (Phi) is 4.33. The van der Waals surface area contributed by atoms with Gasteiger partial charge in [-0.3, -0.25) is 4.68 Å². The van der Waals surface area contributed by atoms with Gasteiger partial charge in [0.05, 0.1) is 5.69 Å². The molecule has 0 aliphatic heterocycles. The maximum atomic E-state index is 5.57. The van der Waals surface area contributed by atoms with Crippen LogP contribution in [0.4, 0.5) is 0 Å². The summed E-state index contributed by atoms with van der Waals surface area (Å²) in [4.78, 5) is 0. The van der Waals surface area contributed by atoms with Crippen LogP contribution in [0.3, 0.4) is 0 Å². The highest BCUT2D eigenvalue weighted by atomic mass is 15.3. The third-order valence-electron chi connectivity index (χ3n) is 3.22. The number of hydrogen-bond acceptors (Lipinski definition) is 2. The Morgan fingerprint density at radius 3 is 2.47 bits per heavy atom. The van der Waals surface area contributed by atoms with Gasteiger partial charge in [0.2, 0.25) is 0 Å². The second-order valence-corrected chi connectivity index (χ2v) is 4.24. The lowest BCUT2D eigenvalue weighted by atomic mass is 9.90. The molecule has 1 rings (SSSR count). The number of rotatable bonds is 5. The van der Waals surface area contributed by atoms with Gasteiger partial charge in [0.25, 0.3) is 0 Å². The van der Waals surface area contributed by atoms with E-state index >= 15 is 0 Å². The minimum atomic E-state index is 0.627. The smallest absolute Gasteiger partial charge is 0.0631 e. The van der Waals surface area contributed by atoms with Gasteiger partial charge in [-0.05, 0) is 51.1 Å². The molecule has 15 heavy (non-hydrogen) atoms. The van der Waals surface area contributed by atoms with Crippen LogP contribution in [0.2, 0.25) is 0 Å². The fraction of sp³-hybridized carbons (Fsp3) is 0.750. The first-order valence-corrected chi connectivity index (χ1v) is 5.81. The molecule has 1 aromatic heterocycles. The standard InChI is InChI=1S/C12H23N3/c1-5-11(7-6-8-13)12-9(2)14-15(4)10(12)3/h11H,5-8,13H2,1-4H3. The predicted molar refractivity (Wildman–Crippen MR) is 64.0 cm³/mol. The molecule has 1 unspecified atom stereocenters. The molecular weight excluding hydrogens is 186 g/mol. The first-order valence-electron chi connectivity index (χ1n) is 5.81. The van der Waals surface area contributed by atoms with Crippen LogP contribution in [-0.2, 0) is 7.05 Å². The summed E-state index contributed by atoms with van der Waals surface area (Å²) >= 11 is 0. The Morgan fingerprint density at radius 2 is 2.07 bits per heavy atom. The van der Waals surface area contributed by atoms with E-state index < -0.39 is 0 Å². The van der Waals surface area contributed by atoms with Gasteiger partial charge in [-0.15, -0.1) is 0 Å². The highest BCUT2D eigenvalue weighted by Crippen LogP contribution is 2.29. The van der Waals surface area contributed by atoms with Crippen LogP contribution in [0.5, 0.6) is 0 Å². The molecule has 1 atom stereocenters. The van der Waals surface area contributed by atoms with E-state index in [1.807, 2.05) is 11.7 Å². The largest absolute Gasteiger partial charge is 0.330 e. The van der Waals surface area contributed by atoms with Crippen molar-refractivity contribution < 1.29 is 0 Å². The molecule has 0 saturated carbocycles. The zero-order valence-electron chi connectivity index (χ0n) is 10.4. The van der Waals surface area contributed by atoms with Gasteiger partial charge in [0, 0.05) is 12.7 Å². The van der Waals surface area contributed by atoms with Crippen molar-refractivity contribution in [2.24, 2.45) is 12.8 Å². The first-order chi connectivity index (χ1) is 7.11. The SMILES string of the molecule is CCC(CCCN)c1c(C)nn(C)c1C. The molecule has 0 amide bonds. The van der Waals surface area contributed by atoms with Crippen molar-refractivity contribution >= 4 is 0 Å². The molecule has 0 radical (unpaired) electrons. The van der Waals surface area contributed by atoms with Crippen molar-refractivity contribution in [1.82, 2.24) is 9.78 Å². The van der Waals surface area contributed by atoms with E-state index in [0.717, 1.165) is 13.0 Å². The molecule has 0 saturated heterocycles. The highest BCUT2D eigenvalue weighted by Gasteiger charge is 2.17. The summed E-state index contributed by atoms with van der Waals surface area (Å²) < 4.78 is 1.98. The van der Waals surface area contributed by atoms with Gasteiger partial charge < -0.3 is 5.73 Å². The second-order valence-electron chi connectivity index (χ2n) is 4.24. The average Bonchev–Trinajstić information content (AvgIpc) is 2.45. The van der Waals surface area contributed by atoms with Crippen molar-refractivity contribution in [3.63, 3.8) is 0 Å². The van der Waals surface area contributed by atoms with E-state index in [9.17, 15) is 0 Å². The zero-order chi connectivity index (χ0) is 11.4. The van der Waals surface area contributed by atoms with Gasteiger partial charge in [0.15, 0.2) is 0 Å². The maximum Gasteiger partial charge on any atom is 0.0631 e. The van der Waals surface area contributed by atoms with Crippen LogP contribution < -0.4 is 5.73 Å². The van der Waals surface area contributed by atoms with Crippen LogP contribution in [0, 0.1) is 13.8 Å². The Hall–Kier alpha value is -0.830. The summed E-state index contributed by atoms with van der Waals surface area (Å²) in [6, 6.07) is 0. The minimum Gasteiger partial charge on any atom is -0.330 e. The molecule has 2 N–H and O–H groups in total. The Balaban J connectivity index is 2.90. The van der Waals surface area contributed by atoms with Gasteiger partial charge in [0.1, 0.15) is 0 Å². The molecule has 1 aromatic rings. The molecular formula is C12H23N3. The number of aryl methyl sites for hydroxylation is 2. The van der Waals surface area contributed by atoms with E-state index in [4.69, 9.17) is 5.73 Å². The lowest BCUT2D eigenvalue weighted by molar-refractivity contribution is 0.575. The Labute approximate surface area is 92.7 Å². The molecule has 0 aliphatic rings. The average molecular weight is 209 g/mol. The van der Waals surface area contributed by atoms with Crippen LogP contribution in [-0.4, -0.2) is 16.3 Å². The molecule has 86 valence electrons. The molecule has 0 fully saturated rings. The van der Waals surface area contributed by atoms with Crippen molar-refractivity contribution in [3.8, 4) is 0 Å². The monoisotopic (exact) mass is 209 g/mol. The van der Waals surface area contributed by atoms with Crippen molar-refractivity contribution in [2.45, 2.75) is 46.0 Å². The van der Waals surface area contributed by atoms with Gasteiger partial charge in [-0.25, -0.2) is 0 Å². The number of hydrogen-bond donors (Lipinski definition) is 1. The topological polar surface area (TPSA) is 43.8 Å². The number of nitrogens with two attached hydrogens (primary N) is 1. The van der Waals surface area contributed by atoms with Crippen LogP contribution >= 0.6 is 0 Å². The lowest BCUT2D eigenvalue weighted by Crippen LogP contribution is -2.05. The first kappa shape index (κ1) is 12.2. The molecule has 0 aliphatic carbocycles. The van der Waals surface area contributed by atoms with Crippen molar-refractivity contribution in [1.29, 1.82) is 0 Å². The van der Waals surface area contributed by atoms with Gasteiger partial charge >= 0.3 is 0 Å². The van der Waals surface area contributed by atoms with Crippen LogP contribution in [0.1, 0.15) is 49.1 Å². The van der Waals surface area contributed by atoms with Crippen LogP contribution in [0.25, 0.3) is 0 Å². The normalized spacial score (nSPS) is 13.1. The van der Waals surface area contributed by atoms with E-state index in [-0.39, 0.29) is 0 Å². The van der Waals surface area contributed by atoms with Crippen molar-refractivity contribution in [2.75, 3.05) is 6.54 Å². The molecule has 3 nitrogen and oxygen atoms in total. The fourth-order valence-corrected chi connectivity index (χ4v) is 2.30. The maximum absolute atomic E-state index is 5.57. The van der Waals surface area contributed by atoms with Gasteiger partial charge in [-0.1, -0.05) is 6.92 Å². The van der Waals surface area contributed by atoms with E-state index in [2.05, 4.69) is 25.9 Å². The third-order valence-corrected chi connectivity index (χ3v) is 3.22. The fourth-order valence-electron chi connectivity index (χ4n) is 2.30. The minimum absolute atomic E-state index is 0.627. The van der Waals surface area contributed by atoms with E-state index in [0.29, 0.717) is 5.92 Å². The number of nitrogens with zero attached hydrogens (tertiary/aromatic N) is 2. The van der Waals surface area contributed by atoms with Gasteiger partial charge in [-0.2, -0.15) is 5.10 Å². The summed E-state index contributed by atoms with van der Waals surface area (Å²) in [5.74, 6) is 0.627. The molecule has 3 heteroatoms. The summed E-state index contributed by atoms with van der Waals surface area (Å²) in [6.45, 7) is 7.29. The molecule has 1 heterocycles. The molecule has 0 aromatic carbocycles. The van der Waals surface area contributed by atoms with Crippen molar-refractivity contribution in [3.05, 3.63) is 17.0 Å². The molecule has 0 bridgehead atoms. The predicted octanol–water partition coefficient (Wildman–Crippen LogP) is 2.27. The Bertz CT molecular complexity index is 315.